The molecule has 0 aliphatic carbocycles. The van der Waals surface area contributed by atoms with Crippen LogP contribution >= 0.6 is 12.4 Å². The minimum Gasteiger partial charge on any atom is -0.496 e. The van der Waals surface area contributed by atoms with Crippen LogP contribution in [0.15, 0.2) is 48.5 Å². The normalized spacial score (nSPS) is 17.1. The number of methoxy groups -OCH3 is 1. The fraction of sp³-hybridized carbons (Fsp3) is 0.278. The number of halogens is 2. The van der Waals surface area contributed by atoms with Crippen LogP contribution in [0.3, 0.4) is 0 Å². The fourth-order valence-corrected chi connectivity index (χ4v) is 2.96. The summed E-state index contributed by atoms with van der Waals surface area (Å²) in [4.78, 5) is 14.5. The highest BCUT2D eigenvalue weighted by Gasteiger charge is 2.31. The molecule has 1 unspecified atom stereocenters. The zero-order valence-electron chi connectivity index (χ0n) is 13.4. The predicted molar refractivity (Wildman–Crippen MR) is 93.3 cm³/mol. The largest absolute Gasteiger partial charge is 0.496 e. The quantitative estimate of drug-likeness (QED) is 0.925. The standard InChI is InChI=1S/C18H19FN2O2.ClH/c1-23-17-9-5-3-7-14(17)16-12-20-10-11-21(16)18(22)13-6-2-4-8-15(13)19;/h2-9,16,20H,10-12H2,1H3;1H. The average molecular weight is 351 g/mol. The van der Waals surface area contributed by atoms with Gasteiger partial charge in [0.15, 0.2) is 0 Å². The first-order chi connectivity index (χ1) is 11.2. The molecule has 4 nitrogen and oxygen atoms in total. The summed E-state index contributed by atoms with van der Waals surface area (Å²) in [7, 11) is 1.61. The van der Waals surface area contributed by atoms with Gasteiger partial charge in [0.2, 0.25) is 0 Å². The van der Waals surface area contributed by atoms with Gasteiger partial charge in [-0.2, -0.15) is 0 Å². The Kier molecular flexibility index (Phi) is 6.17. The zero-order valence-corrected chi connectivity index (χ0v) is 14.2. The Morgan fingerprint density at radius 1 is 1.21 bits per heavy atom. The van der Waals surface area contributed by atoms with Crippen LogP contribution < -0.4 is 10.1 Å². The van der Waals surface area contributed by atoms with Crippen LogP contribution in [-0.2, 0) is 0 Å². The maximum Gasteiger partial charge on any atom is 0.257 e. The minimum absolute atomic E-state index is 0. The van der Waals surface area contributed by atoms with E-state index in [4.69, 9.17) is 4.74 Å². The van der Waals surface area contributed by atoms with Crippen molar-refractivity contribution in [2.75, 3.05) is 26.7 Å². The van der Waals surface area contributed by atoms with E-state index in [1.165, 1.54) is 12.1 Å². The van der Waals surface area contributed by atoms with Crippen molar-refractivity contribution >= 4 is 18.3 Å². The molecule has 1 heterocycles. The lowest BCUT2D eigenvalue weighted by atomic mass is 10.0. The third kappa shape index (κ3) is 3.52. The molecule has 0 spiro atoms. The zero-order chi connectivity index (χ0) is 16.2. The lowest BCUT2D eigenvalue weighted by Gasteiger charge is -2.37. The molecule has 2 aromatic carbocycles. The Balaban J connectivity index is 0.00000208. The molecule has 0 radical (unpaired) electrons. The van der Waals surface area contributed by atoms with Gasteiger partial charge in [-0.3, -0.25) is 4.79 Å². The van der Waals surface area contributed by atoms with E-state index < -0.39 is 5.82 Å². The van der Waals surface area contributed by atoms with Gasteiger partial charge in [-0.25, -0.2) is 4.39 Å². The summed E-state index contributed by atoms with van der Waals surface area (Å²) in [5.41, 5.74) is 1.03. The average Bonchev–Trinajstić information content (AvgIpc) is 2.61. The maximum absolute atomic E-state index is 14.0. The highest BCUT2D eigenvalue weighted by molar-refractivity contribution is 5.95. The molecule has 128 valence electrons. The van der Waals surface area contributed by atoms with Crippen molar-refractivity contribution in [3.63, 3.8) is 0 Å². The van der Waals surface area contributed by atoms with Crippen molar-refractivity contribution in [3.8, 4) is 5.75 Å². The SMILES string of the molecule is COc1ccccc1C1CNCCN1C(=O)c1ccccc1F.Cl. The second-order valence-corrected chi connectivity index (χ2v) is 5.44. The highest BCUT2D eigenvalue weighted by Crippen LogP contribution is 2.31. The van der Waals surface area contributed by atoms with Crippen molar-refractivity contribution in [3.05, 3.63) is 65.5 Å². The van der Waals surface area contributed by atoms with E-state index in [0.29, 0.717) is 19.6 Å². The molecule has 0 aromatic heterocycles. The molecule has 1 N–H and O–H groups in total. The number of nitrogens with one attached hydrogen (secondary N) is 1. The summed E-state index contributed by atoms with van der Waals surface area (Å²) < 4.78 is 19.4. The number of carbonyl (C=O) groups excluding carboxylic acids is 1. The van der Waals surface area contributed by atoms with Crippen molar-refractivity contribution in [2.45, 2.75) is 6.04 Å². The van der Waals surface area contributed by atoms with E-state index in [2.05, 4.69) is 5.32 Å². The van der Waals surface area contributed by atoms with Crippen LogP contribution in [0, 0.1) is 5.82 Å². The number of rotatable bonds is 3. The number of hydrogen-bond acceptors (Lipinski definition) is 3. The Morgan fingerprint density at radius 3 is 2.67 bits per heavy atom. The molecule has 3 rings (SSSR count). The van der Waals surface area contributed by atoms with Crippen LogP contribution in [0.5, 0.6) is 5.75 Å². The Morgan fingerprint density at radius 2 is 1.92 bits per heavy atom. The predicted octanol–water partition coefficient (Wildman–Crippen LogP) is 3.04. The van der Waals surface area contributed by atoms with Crippen LogP contribution in [0.1, 0.15) is 22.0 Å². The van der Waals surface area contributed by atoms with Crippen LogP contribution in [0.25, 0.3) is 0 Å². The maximum atomic E-state index is 14.0. The molecular formula is C18H20ClFN2O2. The number of benzene rings is 2. The Bertz CT molecular complexity index is 711. The van der Waals surface area contributed by atoms with Gasteiger partial charge in [-0.1, -0.05) is 30.3 Å². The lowest BCUT2D eigenvalue weighted by Crippen LogP contribution is -2.49. The van der Waals surface area contributed by atoms with Gasteiger partial charge in [0.05, 0.1) is 18.7 Å². The lowest BCUT2D eigenvalue weighted by molar-refractivity contribution is 0.0627. The van der Waals surface area contributed by atoms with Crippen molar-refractivity contribution in [2.24, 2.45) is 0 Å². The van der Waals surface area contributed by atoms with Gasteiger partial charge in [-0.05, 0) is 18.2 Å². The van der Waals surface area contributed by atoms with Crippen LogP contribution in [0.2, 0.25) is 0 Å². The van der Waals surface area contributed by atoms with Gasteiger partial charge in [-0.15, -0.1) is 12.4 Å². The molecular weight excluding hydrogens is 331 g/mol. The number of carbonyl (C=O) groups is 1. The number of ether oxygens (including phenoxy) is 1. The van der Waals surface area contributed by atoms with Gasteiger partial charge < -0.3 is 15.0 Å². The molecule has 1 saturated heterocycles. The first kappa shape index (κ1) is 18.2. The minimum atomic E-state index is -0.491. The van der Waals surface area contributed by atoms with E-state index >= 15 is 0 Å². The Labute approximate surface area is 147 Å². The topological polar surface area (TPSA) is 41.6 Å². The smallest absolute Gasteiger partial charge is 0.257 e. The molecule has 1 fully saturated rings. The molecule has 2 aromatic rings. The summed E-state index contributed by atoms with van der Waals surface area (Å²) in [6, 6.07) is 13.5. The van der Waals surface area contributed by atoms with Crippen LogP contribution in [-0.4, -0.2) is 37.6 Å². The number of para-hydroxylation sites is 1. The van der Waals surface area contributed by atoms with E-state index in [1.807, 2.05) is 24.3 Å². The van der Waals surface area contributed by atoms with Crippen molar-refractivity contribution in [1.29, 1.82) is 0 Å². The first-order valence-corrected chi connectivity index (χ1v) is 7.61. The van der Waals surface area contributed by atoms with Gasteiger partial charge in [0.25, 0.3) is 5.91 Å². The van der Waals surface area contributed by atoms with Crippen LogP contribution in [0.4, 0.5) is 4.39 Å². The monoisotopic (exact) mass is 350 g/mol. The number of amides is 1. The van der Waals surface area contributed by atoms with E-state index in [-0.39, 0.29) is 29.9 Å². The highest BCUT2D eigenvalue weighted by atomic mass is 35.5. The van der Waals surface area contributed by atoms with E-state index in [0.717, 1.165) is 11.3 Å². The van der Waals surface area contributed by atoms with Gasteiger partial charge in [0.1, 0.15) is 11.6 Å². The Hall–Kier alpha value is -2.11. The summed E-state index contributed by atoms with van der Waals surface area (Å²) in [6.45, 7) is 1.82. The fourth-order valence-electron chi connectivity index (χ4n) is 2.96. The van der Waals surface area contributed by atoms with Crippen molar-refractivity contribution < 1.29 is 13.9 Å². The first-order valence-electron chi connectivity index (χ1n) is 7.61. The second-order valence-electron chi connectivity index (χ2n) is 5.44. The van der Waals surface area contributed by atoms with Gasteiger partial charge in [0, 0.05) is 25.2 Å². The van der Waals surface area contributed by atoms with Crippen molar-refractivity contribution in [1.82, 2.24) is 10.2 Å². The third-order valence-electron chi connectivity index (χ3n) is 4.11. The summed E-state index contributed by atoms with van der Waals surface area (Å²) in [6.07, 6.45) is 0. The van der Waals surface area contributed by atoms with Gasteiger partial charge >= 0.3 is 0 Å². The van der Waals surface area contributed by atoms with E-state index in [1.54, 1.807) is 24.1 Å². The molecule has 0 saturated carbocycles. The second kappa shape index (κ2) is 8.13. The number of hydrogen-bond donors (Lipinski definition) is 1. The molecule has 1 amide bonds. The molecule has 0 bridgehead atoms. The summed E-state index contributed by atoms with van der Waals surface area (Å²) in [5, 5.41) is 3.29. The van der Waals surface area contributed by atoms with E-state index in [9.17, 15) is 9.18 Å². The number of nitrogens with zero attached hydrogens (tertiary/aromatic N) is 1. The molecule has 1 aliphatic heterocycles. The summed E-state index contributed by atoms with van der Waals surface area (Å²) in [5.74, 6) is -0.0529. The summed E-state index contributed by atoms with van der Waals surface area (Å²) >= 11 is 0. The molecule has 1 aliphatic rings. The molecule has 1 atom stereocenters. The number of piperazine rings is 1. The molecule has 6 heteroatoms. The molecule has 24 heavy (non-hydrogen) atoms. The third-order valence-corrected chi connectivity index (χ3v) is 4.11.